The molecule has 6 heteroatoms. The predicted molar refractivity (Wildman–Crippen MR) is 82.2 cm³/mol. The second-order valence-electron chi connectivity index (χ2n) is 6.07. The number of hydrogen-bond donors (Lipinski definition) is 1. The molecule has 1 saturated carbocycles. The van der Waals surface area contributed by atoms with Gasteiger partial charge in [-0.15, -0.1) is 0 Å². The van der Waals surface area contributed by atoms with Crippen LogP contribution >= 0.6 is 0 Å². The number of aryl methyl sites for hydroxylation is 1. The first-order valence-electron chi connectivity index (χ1n) is 7.07. The third-order valence-corrected chi connectivity index (χ3v) is 4.77. The van der Waals surface area contributed by atoms with Gasteiger partial charge >= 0.3 is 0 Å². The third kappa shape index (κ3) is 2.76. The molecule has 1 atom stereocenters. The SMILES string of the molecule is Cc1cc(CS(=O)O)ccc1C(=O)c1cnoc1C1(C)CC1. The van der Waals surface area contributed by atoms with Crippen LogP contribution in [-0.4, -0.2) is 19.7 Å². The van der Waals surface area contributed by atoms with Gasteiger partial charge in [-0.25, -0.2) is 4.21 Å². The summed E-state index contributed by atoms with van der Waals surface area (Å²) in [4.78, 5) is 12.7. The first kappa shape index (κ1) is 15.1. The number of rotatable bonds is 5. The summed E-state index contributed by atoms with van der Waals surface area (Å²) in [6, 6.07) is 5.18. The summed E-state index contributed by atoms with van der Waals surface area (Å²) in [5.41, 5.74) is 2.53. The molecule has 0 aliphatic heterocycles. The number of aromatic nitrogens is 1. The summed E-state index contributed by atoms with van der Waals surface area (Å²) >= 11 is -1.89. The lowest BCUT2D eigenvalue weighted by Crippen LogP contribution is -2.10. The zero-order valence-electron chi connectivity index (χ0n) is 12.5. The van der Waals surface area contributed by atoms with E-state index in [-0.39, 0.29) is 17.0 Å². The molecule has 22 heavy (non-hydrogen) atoms. The van der Waals surface area contributed by atoms with E-state index in [1.165, 1.54) is 6.20 Å². The smallest absolute Gasteiger partial charge is 0.198 e. The van der Waals surface area contributed by atoms with Crippen LogP contribution in [0, 0.1) is 6.92 Å². The van der Waals surface area contributed by atoms with E-state index < -0.39 is 11.1 Å². The minimum Gasteiger partial charge on any atom is -0.360 e. The van der Waals surface area contributed by atoms with Gasteiger partial charge in [0.2, 0.25) is 0 Å². The van der Waals surface area contributed by atoms with Gasteiger partial charge < -0.3 is 9.08 Å². The molecule has 5 nitrogen and oxygen atoms in total. The largest absolute Gasteiger partial charge is 0.360 e. The second-order valence-corrected chi connectivity index (χ2v) is 7.01. The van der Waals surface area contributed by atoms with Crippen LogP contribution in [0.1, 0.15) is 52.6 Å². The molecule has 2 aromatic rings. The number of hydrogen-bond acceptors (Lipinski definition) is 4. The summed E-state index contributed by atoms with van der Waals surface area (Å²) in [5, 5.41) is 3.79. The minimum atomic E-state index is -1.89. The zero-order chi connectivity index (χ0) is 15.9. The quantitative estimate of drug-likeness (QED) is 0.677. The lowest BCUT2D eigenvalue weighted by atomic mass is 9.94. The van der Waals surface area contributed by atoms with Crippen molar-refractivity contribution in [1.82, 2.24) is 5.16 Å². The van der Waals surface area contributed by atoms with Gasteiger partial charge in [-0.05, 0) is 30.9 Å². The molecule has 0 radical (unpaired) electrons. The molecule has 116 valence electrons. The Morgan fingerprint density at radius 3 is 2.73 bits per heavy atom. The highest BCUT2D eigenvalue weighted by Crippen LogP contribution is 2.49. The lowest BCUT2D eigenvalue weighted by Gasteiger charge is -2.09. The highest BCUT2D eigenvalue weighted by atomic mass is 32.2. The second kappa shape index (κ2) is 5.44. The first-order valence-corrected chi connectivity index (χ1v) is 8.35. The maximum Gasteiger partial charge on any atom is 0.198 e. The summed E-state index contributed by atoms with van der Waals surface area (Å²) in [6.45, 7) is 3.89. The van der Waals surface area contributed by atoms with E-state index in [1.54, 1.807) is 18.2 Å². The molecule has 1 aromatic carbocycles. The fourth-order valence-corrected chi connectivity index (χ4v) is 3.07. The molecule has 3 rings (SSSR count). The van der Waals surface area contributed by atoms with Crippen molar-refractivity contribution in [3.05, 3.63) is 52.4 Å². The van der Waals surface area contributed by atoms with Gasteiger partial charge in [0, 0.05) is 11.0 Å². The van der Waals surface area contributed by atoms with Crippen LogP contribution < -0.4 is 0 Å². The molecule has 1 unspecified atom stereocenters. The van der Waals surface area contributed by atoms with E-state index in [4.69, 9.17) is 9.08 Å². The molecular weight excluding hydrogens is 302 g/mol. The maximum atomic E-state index is 12.7. The maximum absolute atomic E-state index is 12.7. The van der Waals surface area contributed by atoms with Crippen molar-refractivity contribution in [2.45, 2.75) is 37.9 Å². The highest BCUT2D eigenvalue weighted by molar-refractivity contribution is 7.78. The van der Waals surface area contributed by atoms with Crippen LogP contribution in [0.15, 0.2) is 28.9 Å². The van der Waals surface area contributed by atoms with Crippen molar-refractivity contribution in [3.8, 4) is 0 Å². The van der Waals surface area contributed by atoms with E-state index in [0.29, 0.717) is 16.9 Å². The Bertz CT molecular complexity index is 761. The van der Waals surface area contributed by atoms with E-state index in [9.17, 15) is 9.00 Å². The van der Waals surface area contributed by atoms with Crippen molar-refractivity contribution in [2.24, 2.45) is 0 Å². The van der Waals surface area contributed by atoms with E-state index in [2.05, 4.69) is 12.1 Å². The molecule has 1 N–H and O–H groups in total. The average molecular weight is 319 g/mol. The van der Waals surface area contributed by atoms with Crippen molar-refractivity contribution < 1.29 is 18.1 Å². The van der Waals surface area contributed by atoms with Gasteiger partial charge in [0.1, 0.15) is 0 Å². The van der Waals surface area contributed by atoms with Gasteiger partial charge in [-0.2, -0.15) is 0 Å². The lowest BCUT2D eigenvalue weighted by molar-refractivity contribution is 0.103. The predicted octanol–water partition coefficient (Wildman–Crippen LogP) is 2.99. The van der Waals surface area contributed by atoms with E-state index >= 15 is 0 Å². The van der Waals surface area contributed by atoms with Crippen LogP contribution in [-0.2, 0) is 22.2 Å². The Hall–Kier alpha value is -1.79. The van der Waals surface area contributed by atoms with Gasteiger partial charge in [-0.3, -0.25) is 4.79 Å². The Balaban J connectivity index is 1.93. The van der Waals surface area contributed by atoms with Crippen LogP contribution in [0.25, 0.3) is 0 Å². The van der Waals surface area contributed by atoms with Crippen molar-refractivity contribution >= 4 is 16.9 Å². The highest BCUT2D eigenvalue weighted by Gasteiger charge is 2.45. The molecule has 1 aliphatic rings. The Morgan fingerprint density at radius 2 is 2.14 bits per heavy atom. The van der Waals surface area contributed by atoms with Crippen molar-refractivity contribution in [3.63, 3.8) is 0 Å². The Labute approximate surface area is 131 Å². The van der Waals surface area contributed by atoms with Gasteiger partial charge in [0.15, 0.2) is 22.6 Å². The van der Waals surface area contributed by atoms with E-state index in [0.717, 1.165) is 24.0 Å². The summed E-state index contributed by atoms with van der Waals surface area (Å²) in [5.74, 6) is 0.613. The molecule has 0 bridgehead atoms. The fraction of sp³-hybridized carbons (Fsp3) is 0.375. The number of carbonyl (C=O) groups is 1. The van der Waals surface area contributed by atoms with Gasteiger partial charge in [-0.1, -0.05) is 30.3 Å². The molecule has 0 spiro atoms. The standard InChI is InChI=1S/C16H17NO4S/c1-10-7-11(9-22(19)20)3-4-12(10)14(18)13-8-17-21-15(13)16(2)5-6-16/h3-4,7-8H,5-6,9H2,1-2H3,(H,19,20). The molecule has 1 aromatic heterocycles. The normalized spacial score (nSPS) is 17.2. The molecule has 1 fully saturated rings. The van der Waals surface area contributed by atoms with Crippen LogP contribution in [0.4, 0.5) is 0 Å². The van der Waals surface area contributed by atoms with Gasteiger partial charge in [0.05, 0.1) is 17.5 Å². The van der Waals surface area contributed by atoms with Crippen molar-refractivity contribution in [1.29, 1.82) is 0 Å². The monoisotopic (exact) mass is 319 g/mol. The first-order chi connectivity index (χ1) is 10.4. The van der Waals surface area contributed by atoms with Crippen molar-refractivity contribution in [2.75, 3.05) is 0 Å². The van der Waals surface area contributed by atoms with Gasteiger partial charge in [0.25, 0.3) is 0 Å². The zero-order valence-corrected chi connectivity index (χ0v) is 13.3. The number of carbonyl (C=O) groups excluding carboxylic acids is 1. The van der Waals surface area contributed by atoms with Crippen LogP contribution in [0.5, 0.6) is 0 Å². The Kier molecular flexibility index (Phi) is 3.74. The number of ketones is 1. The van der Waals surface area contributed by atoms with Crippen LogP contribution in [0.2, 0.25) is 0 Å². The molecule has 1 aliphatic carbocycles. The van der Waals surface area contributed by atoms with E-state index in [1.807, 2.05) is 6.92 Å². The molecular formula is C16H17NO4S. The minimum absolute atomic E-state index is 0.0614. The molecule has 0 saturated heterocycles. The van der Waals surface area contributed by atoms with Crippen LogP contribution in [0.3, 0.4) is 0 Å². The summed E-state index contributed by atoms with van der Waals surface area (Å²) in [7, 11) is 0. The number of nitrogens with zero attached hydrogens (tertiary/aromatic N) is 1. The summed E-state index contributed by atoms with van der Waals surface area (Å²) < 4.78 is 25.1. The fourth-order valence-electron chi connectivity index (χ4n) is 2.61. The molecule has 0 amide bonds. The molecule has 1 heterocycles. The summed E-state index contributed by atoms with van der Waals surface area (Å²) in [6.07, 6.45) is 3.49. The topological polar surface area (TPSA) is 80.4 Å². The third-order valence-electron chi connectivity index (χ3n) is 4.19. The average Bonchev–Trinajstić information content (AvgIpc) is 3.01. The number of benzene rings is 1. The Morgan fingerprint density at radius 1 is 1.41 bits per heavy atom.